The number of hydrogen-bond donors (Lipinski definition) is 1. The number of likely N-dealkylation sites (N-methyl/N-ethyl adjacent to an activating group) is 1. The van der Waals surface area contributed by atoms with Gasteiger partial charge in [-0.3, -0.25) is 10.1 Å². The van der Waals surface area contributed by atoms with E-state index in [9.17, 15) is 13.6 Å². The van der Waals surface area contributed by atoms with Crippen LogP contribution in [0.15, 0.2) is 18.2 Å². The topological polar surface area (TPSA) is 32.3 Å². The first-order valence-electron chi connectivity index (χ1n) is 7.10. The van der Waals surface area contributed by atoms with Gasteiger partial charge in [0.2, 0.25) is 5.91 Å². The quantitative estimate of drug-likeness (QED) is 0.900. The highest BCUT2D eigenvalue weighted by Crippen LogP contribution is 2.28. The summed E-state index contributed by atoms with van der Waals surface area (Å²) in [5, 5.41) is 3.17. The molecule has 0 aliphatic carbocycles. The second-order valence-electron chi connectivity index (χ2n) is 5.05. The van der Waals surface area contributed by atoms with Crippen molar-refractivity contribution in [3.05, 3.63) is 35.4 Å². The molecule has 1 N–H and O–H groups in total. The Hall–Kier alpha value is -1.49. The summed E-state index contributed by atoms with van der Waals surface area (Å²) in [6, 6.07) is 3.21. The van der Waals surface area contributed by atoms with Crippen molar-refractivity contribution in [3.63, 3.8) is 0 Å². The third-order valence-electron chi connectivity index (χ3n) is 3.70. The maximum atomic E-state index is 13.9. The highest BCUT2D eigenvalue weighted by atomic mass is 19.1. The largest absolute Gasteiger partial charge is 0.322 e. The Morgan fingerprint density at radius 2 is 2.05 bits per heavy atom. The SMILES string of the molecule is CCCCC1NC(c2ccc(F)cc2F)N(CC)C1=O. The van der Waals surface area contributed by atoms with Gasteiger partial charge in [-0.1, -0.05) is 19.8 Å². The van der Waals surface area contributed by atoms with E-state index in [4.69, 9.17) is 0 Å². The van der Waals surface area contributed by atoms with Crippen LogP contribution in [-0.4, -0.2) is 23.4 Å². The molecule has 0 spiro atoms. The number of nitrogens with zero attached hydrogens (tertiary/aromatic N) is 1. The maximum Gasteiger partial charge on any atom is 0.241 e. The van der Waals surface area contributed by atoms with Crippen LogP contribution in [0.4, 0.5) is 8.78 Å². The van der Waals surface area contributed by atoms with Gasteiger partial charge in [-0.2, -0.15) is 0 Å². The minimum Gasteiger partial charge on any atom is -0.322 e. The molecule has 1 heterocycles. The van der Waals surface area contributed by atoms with Crippen molar-refractivity contribution < 1.29 is 13.6 Å². The second-order valence-corrected chi connectivity index (χ2v) is 5.05. The van der Waals surface area contributed by atoms with Crippen molar-refractivity contribution in [2.45, 2.75) is 45.3 Å². The first-order valence-corrected chi connectivity index (χ1v) is 7.10. The van der Waals surface area contributed by atoms with Gasteiger partial charge in [0.05, 0.1) is 6.04 Å². The van der Waals surface area contributed by atoms with E-state index in [2.05, 4.69) is 12.2 Å². The van der Waals surface area contributed by atoms with Crippen molar-refractivity contribution in [2.24, 2.45) is 0 Å². The number of halogens is 2. The fraction of sp³-hybridized carbons (Fsp3) is 0.533. The zero-order valence-corrected chi connectivity index (χ0v) is 11.8. The standard InChI is InChI=1S/C15H20F2N2O/c1-3-5-6-13-15(20)19(4-2)14(18-13)11-8-7-10(16)9-12(11)17/h7-9,13-14,18H,3-6H2,1-2H3. The monoisotopic (exact) mass is 282 g/mol. The lowest BCUT2D eigenvalue weighted by Gasteiger charge is -2.23. The number of carbonyl (C=O) groups excluding carboxylic acids is 1. The van der Waals surface area contributed by atoms with Crippen LogP contribution in [0, 0.1) is 11.6 Å². The van der Waals surface area contributed by atoms with Gasteiger partial charge in [0.1, 0.15) is 17.8 Å². The van der Waals surface area contributed by atoms with E-state index in [0.29, 0.717) is 12.1 Å². The maximum absolute atomic E-state index is 13.9. The lowest BCUT2D eigenvalue weighted by atomic mass is 10.1. The van der Waals surface area contributed by atoms with Crippen molar-refractivity contribution in [2.75, 3.05) is 6.54 Å². The molecule has 1 aliphatic rings. The molecule has 20 heavy (non-hydrogen) atoms. The molecule has 1 aromatic rings. The molecular formula is C15H20F2N2O. The first-order chi connectivity index (χ1) is 9.58. The molecule has 3 nitrogen and oxygen atoms in total. The Kier molecular flexibility index (Phi) is 4.70. The van der Waals surface area contributed by atoms with Crippen molar-refractivity contribution in [1.82, 2.24) is 10.2 Å². The van der Waals surface area contributed by atoms with E-state index in [1.54, 1.807) is 4.90 Å². The summed E-state index contributed by atoms with van der Waals surface area (Å²) in [6.07, 6.45) is 2.19. The molecule has 2 unspecified atom stereocenters. The van der Waals surface area contributed by atoms with Crippen molar-refractivity contribution in [1.29, 1.82) is 0 Å². The summed E-state index contributed by atoms with van der Waals surface area (Å²) in [5.41, 5.74) is 0.320. The van der Waals surface area contributed by atoms with Crippen LogP contribution in [0.3, 0.4) is 0 Å². The summed E-state index contributed by atoms with van der Waals surface area (Å²) >= 11 is 0. The smallest absolute Gasteiger partial charge is 0.241 e. The molecule has 2 rings (SSSR count). The summed E-state index contributed by atoms with van der Waals surface area (Å²) in [6.45, 7) is 4.42. The highest BCUT2D eigenvalue weighted by Gasteiger charge is 2.39. The molecule has 2 atom stereocenters. The molecule has 1 amide bonds. The Bertz CT molecular complexity index is 493. The van der Waals surface area contributed by atoms with Crippen LogP contribution < -0.4 is 5.32 Å². The molecule has 1 fully saturated rings. The summed E-state index contributed by atoms with van der Waals surface area (Å²) in [5.74, 6) is -1.24. The van der Waals surface area contributed by atoms with E-state index in [1.807, 2.05) is 6.92 Å². The van der Waals surface area contributed by atoms with Crippen LogP contribution >= 0.6 is 0 Å². The van der Waals surface area contributed by atoms with Gasteiger partial charge in [0, 0.05) is 18.2 Å². The van der Waals surface area contributed by atoms with Gasteiger partial charge in [-0.25, -0.2) is 8.78 Å². The van der Waals surface area contributed by atoms with Gasteiger partial charge < -0.3 is 4.90 Å². The number of carbonyl (C=O) groups is 1. The van der Waals surface area contributed by atoms with E-state index >= 15 is 0 Å². The van der Waals surface area contributed by atoms with Crippen LogP contribution in [0.5, 0.6) is 0 Å². The predicted octanol–water partition coefficient (Wildman–Crippen LogP) is 2.97. The number of rotatable bonds is 5. The fourth-order valence-corrected chi connectivity index (χ4v) is 2.61. The minimum absolute atomic E-state index is 0.00493. The van der Waals surface area contributed by atoms with Gasteiger partial charge >= 0.3 is 0 Å². The van der Waals surface area contributed by atoms with Crippen LogP contribution in [0.1, 0.15) is 44.8 Å². The normalized spacial score (nSPS) is 22.6. The molecule has 1 saturated heterocycles. The lowest BCUT2D eigenvalue weighted by Crippen LogP contribution is -2.31. The minimum atomic E-state index is -0.620. The number of benzene rings is 1. The van der Waals surface area contributed by atoms with Gasteiger partial charge in [-0.15, -0.1) is 0 Å². The average Bonchev–Trinajstić information content (AvgIpc) is 2.72. The van der Waals surface area contributed by atoms with Gasteiger partial charge in [-0.05, 0) is 25.5 Å². The van der Waals surface area contributed by atoms with Crippen LogP contribution in [0.25, 0.3) is 0 Å². The first kappa shape index (κ1) is 14.9. The summed E-state index contributed by atoms with van der Waals surface area (Å²) in [4.78, 5) is 13.9. The Morgan fingerprint density at radius 1 is 1.30 bits per heavy atom. The van der Waals surface area contributed by atoms with Crippen LogP contribution in [0.2, 0.25) is 0 Å². The molecule has 5 heteroatoms. The number of nitrogens with one attached hydrogen (secondary N) is 1. The highest BCUT2D eigenvalue weighted by molar-refractivity contribution is 5.84. The number of hydrogen-bond acceptors (Lipinski definition) is 2. The zero-order valence-electron chi connectivity index (χ0n) is 11.8. The number of amides is 1. The van der Waals surface area contributed by atoms with E-state index in [0.717, 1.165) is 25.3 Å². The van der Waals surface area contributed by atoms with Crippen LogP contribution in [-0.2, 0) is 4.79 Å². The number of unbranched alkanes of at least 4 members (excludes halogenated alkanes) is 1. The molecule has 0 aromatic heterocycles. The average molecular weight is 282 g/mol. The van der Waals surface area contributed by atoms with E-state index < -0.39 is 17.8 Å². The summed E-state index contributed by atoms with van der Waals surface area (Å²) in [7, 11) is 0. The summed E-state index contributed by atoms with van der Waals surface area (Å²) < 4.78 is 26.9. The fourth-order valence-electron chi connectivity index (χ4n) is 2.61. The van der Waals surface area contributed by atoms with E-state index in [1.165, 1.54) is 12.1 Å². The lowest BCUT2D eigenvalue weighted by molar-refractivity contribution is -0.130. The second kappa shape index (κ2) is 6.31. The molecule has 0 radical (unpaired) electrons. The van der Waals surface area contributed by atoms with Crippen molar-refractivity contribution >= 4 is 5.91 Å². The zero-order chi connectivity index (χ0) is 14.7. The third-order valence-corrected chi connectivity index (χ3v) is 3.70. The van der Waals surface area contributed by atoms with E-state index in [-0.39, 0.29) is 11.9 Å². The predicted molar refractivity (Wildman–Crippen MR) is 72.9 cm³/mol. The van der Waals surface area contributed by atoms with Crippen molar-refractivity contribution in [3.8, 4) is 0 Å². The Labute approximate surface area is 118 Å². The van der Waals surface area contributed by atoms with Gasteiger partial charge in [0.15, 0.2) is 0 Å². The molecule has 1 aliphatic heterocycles. The Morgan fingerprint density at radius 3 is 2.65 bits per heavy atom. The van der Waals surface area contributed by atoms with Gasteiger partial charge in [0.25, 0.3) is 0 Å². The Balaban J connectivity index is 2.24. The molecule has 1 aromatic carbocycles. The molecule has 110 valence electrons. The molecule has 0 bridgehead atoms. The molecule has 0 saturated carbocycles. The third kappa shape index (κ3) is 2.82. The molecular weight excluding hydrogens is 262 g/mol.